The Morgan fingerprint density at radius 1 is 1.10 bits per heavy atom. The molecule has 1 fully saturated rings. The predicted octanol–water partition coefficient (Wildman–Crippen LogP) is 0.978. The number of hydrogen-bond donors (Lipinski definition) is 2. The fourth-order valence-corrected chi connectivity index (χ4v) is 2.46. The molecular formula is C15H33N5. The fraction of sp³-hybridized carbons (Fsp3) is 0.933. The molecule has 5 heteroatoms. The molecule has 0 bridgehead atoms. The Kier molecular flexibility index (Phi) is 8.62. The van der Waals surface area contributed by atoms with Gasteiger partial charge in [0.15, 0.2) is 5.96 Å². The Balaban J connectivity index is 2.02. The van der Waals surface area contributed by atoms with E-state index in [1.165, 1.54) is 52.1 Å². The molecular weight excluding hydrogens is 250 g/mol. The van der Waals surface area contributed by atoms with Gasteiger partial charge < -0.3 is 20.4 Å². The number of guanidine groups is 1. The molecule has 1 rings (SSSR count). The first-order chi connectivity index (χ1) is 9.65. The number of aliphatic imine (C=N–C) groups is 1. The summed E-state index contributed by atoms with van der Waals surface area (Å²) in [5.74, 6) is 0.913. The van der Waals surface area contributed by atoms with Gasteiger partial charge in [-0.25, -0.2) is 0 Å². The Morgan fingerprint density at radius 3 is 2.30 bits per heavy atom. The van der Waals surface area contributed by atoms with Crippen molar-refractivity contribution in [2.45, 2.75) is 39.7 Å². The summed E-state index contributed by atoms with van der Waals surface area (Å²) in [4.78, 5) is 9.33. The SMILES string of the molecule is CCN1CCN(CCCCNC(=NC)NC(C)C)CC1. The lowest BCUT2D eigenvalue weighted by Gasteiger charge is -2.34. The molecule has 0 aromatic rings. The van der Waals surface area contributed by atoms with E-state index in [1.54, 1.807) is 0 Å². The summed E-state index contributed by atoms with van der Waals surface area (Å²) in [5.41, 5.74) is 0. The highest BCUT2D eigenvalue weighted by Crippen LogP contribution is 2.02. The normalized spacial score (nSPS) is 18.6. The van der Waals surface area contributed by atoms with Crippen LogP contribution in [0.4, 0.5) is 0 Å². The summed E-state index contributed by atoms with van der Waals surface area (Å²) in [6.07, 6.45) is 2.46. The van der Waals surface area contributed by atoms with Crippen LogP contribution in [-0.4, -0.2) is 74.7 Å². The molecule has 1 heterocycles. The highest BCUT2D eigenvalue weighted by atomic mass is 15.3. The molecule has 0 aliphatic carbocycles. The number of piperazine rings is 1. The van der Waals surface area contributed by atoms with Gasteiger partial charge in [-0.05, 0) is 39.8 Å². The van der Waals surface area contributed by atoms with Gasteiger partial charge in [-0.1, -0.05) is 6.92 Å². The van der Waals surface area contributed by atoms with Crippen molar-refractivity contribution in [2.24, 2.45) is 4.99 Å². The van der Waals surface area contributed by atoms with E-state index in [1.807, 2.05) is 7.05 Å². The third kappa shape index (κ3) is 7.10. The average molecular weight is 283 g/mol. The van der Waals surface area contributed by atoms with E-state index in [4.69, 9.17) is 0 Å². The van der Waals surface area contributed by atoms with E-state index < -0.39 is 0 Å². The maximum Gasteiger partial charge on any atom is 0.191 e. The van der Waals surface area contributed by atoms with Gasteiger partial charge in [-0.3, -0.25) is 4.99 Å². The molecule has 2 N–H and O–H groups in total. The smallest absolute Gasteiger partial charge is 0.191 e. The zero-order valence-corrected chi connectivity index (χ0v) is 13.8. The Morgan fingerprint density at radius 2 is 1.75 bits per heavy atom. The lowest BCUT2D eigenvalue weighted by atomic mass is 10.2. The molecule has 0 atom stereocenters. The zero-order valence-electron chi connectivity index (χ0n) is 13.8. The van der Waals surface area contributed by atoms with Crippen molar-refractivity contribution in [3.63, 3.8) is 0 Å². The molecule has 0 saturated carbocycles. The standard InChI is InChI=1S/C15H33N5/c1-5-19-10-12-20(13-11-19)9-7-6-8-17-15(16-4)18-14(2)3/h14H,5-13H2,1-4H3,(H2,16,17,18). The Labute approximate surface area is 124 Å². The second-order valence-corrected chi connectivity index (χ2v) is 5.78. The van der Waals surface area contributed by atoms with E-state index in [9.17, 15) is 0 Å². The minimum Gasteiger partial charge on any atom is -0.356 e. The van der Waals surface area contributed by atoms with Crippen LogP contribution >= 0.6 is 0 Å². The molecule has 1 aliphatic rings. The maximum atomic E-state index is 4.21. The van der Waals surface area contributed by atoms with Crippen molar-refractivity contribution in [1.82, 2.24) is 20.4 Å². The molecule has 1 saturated heterocycles. The number of unbranched alkanes of at least 4 members (excludes halogenated alkanes) is 1. The molecule has 118 valence electrons. The molecule has 0 amide bonds. The third-order valence-electron chi connectivity index (χ3n) is 3.75. The van der Waals surface area contributed by atoms with Gasteiger partial charge in [0.25, 0.3) is 0 Å². The van der Waals surface area contributed by atoms with Gasteiger partial charge in [0, 0.05) is 45.8 Å². The van der Waals surface area contributed by atoms with Gasteiger partial charge in [-0.15, -0.1) is 0 Å². The van der Waals surface area contributed by atoms with Crippen molar-refractivity contribution in [2.75, 3.05) is 52.9 Å². The molecule has 20 heavy (non-hydrogen) atoms. The second-order valence-electron chi connectivity index (χ2n) is 5.78. The van der Waals surface area contributed by atoms with E-state index >= 15 is 0 Å². The monoisotopic (exact) mass is 283 g/mol. The van der Waals surface area contributed by atoms with Crippen molar-refractivity contribution in [3.05, 3.63) is 0 Å². The predicted molar refractivity (Wildman–Crippen MR) is 87.4 cm³/mol. The average Bonchev–Trinajstić information content (AvgIpc) is 2.46. The first kappa shape index (κ1) is 17.2. The van der Waals surface area contributed by atoms with E-state index in [2.05, 4.69) is 46.2 Å². The van der Waals surface area contributed by atoms with Gasteiger partial charge in [0.05, 0.1) is 0 Å². The third-order valence-corrected chi connectivity index (χ3v) is 3.75. The van der Waals surface area contributed by atoms with Gasteiger partial charge >= 0.3 is 0 Å². The van der Waals surface area contributed by atoms with E-state index in [0.29, 0.717) is 6.04 Å². The molecule has 0 unspecified atom stereocenters. The number of hydrogen-bond acceptors (Lipinski definition) is 3. The maximum absolute atomic E-state index is 4.21. The number of rotatable bonds is 7. The quantitative estimate of drug-likeness (QED) is 0.415. The van der Waals surface area contributed by atoms with Crippen molar-refractivity contribution in [1.29, 1.82) is 0 Å². The minimum atomic E-state index is 0.427. The van der Waals surface area contributed by atoms with Crippen molar-refractivity contribution >= 4 is 5.96 Å². The number of likely N-dealkylation sites (N-methyl/N-ethyl adjacent to an activating group) is 1. The first-order valence-corrected chi connectivity index (χ1v) is 8.07. The number of nitrogens with one attached hydrogen (secondary N) is 2. The van der Waals surface area contributed by atoms with Crippen LogP contribution in [0.15, 0.2) is 4.99 Å². The van der Waals surface area contributed by atoms with E-state index in [0.717, 1.165) is 12.5 Å². The molecule has 0 aromatic heterocycles. The van der Waals surface area contributed by atoms with Crippen LogP contribution in [-0.2, 0) is 0 Å². The zero-order chi connectivity index (χ0) is 14.8. The Bertz CT molecular complexity index is 269. The molecule has 0 radical (unpaired) electrons. The van der Waals surface area contributed by atoms with Crippen LogP contribution in [0.1, 0.15) is 33.6 Å². The second kappa shape index (κ2) is 10.00. The number of nitrogens with zero attached hydrogens (tertiary/aromatic N) is 3. The minimum absolute atomic E-state index is 0.427. The van der Waals surface area contributed by atoms with Gasteiger partial charge in [0.1, 0.15) is 0 Å². The first-order valence-electron chi connectivity index (χ1n) is 8.07. The van der Waals surface area contributed by atoms with Crippen molar-refractivity contribution in [3.8, 4) is 0 Å². The highest BCUT2D eigenvalue weighted by molar-refractivity contribution is 5.79. The molecule has 5 nitrogen and oxygen atoms in total. The molecule has 1 aliphatic heterocycles. The lowest BCUT2D eigenvalue weighted by Crippen LogP contribution is -2.46. The fourth-order valence-electron chi connectivity index (χ4n) is 2.46. The summed E-state index contributed by atoms with van der Waals surface area (Å²) in [7, 11) is 1.82. The summed E-state index contributed by atoms with van der Waals surface area (Å²) in [6, 6.07) is 0.427. The lowest BCUT2D eigenvalue weighted by molar-refractivity contribution is 0.136. The van der Waals surface area contributed by atoms with E-state index in [-0.39, 0.29) is 0 Å². The van der Waals surface area contributed by atoms with Crippen LogP contribution in [0.5, 0.6) is 0 Å². The molecule has 0 aromatic carbocycles. The summed E-state index contributed by atoms with van der Waals surface area (Å²) in [6.45, 7) is 14.9. The van der Waals surface area contributed by atoms with Gasteiger partial charge in [-0.2, -0.15) is 0 Å². The van der Waals surface area contributed by atoms with Crippen LogP contribution < -0.4 is 10.6 Å². The summed E-state index contributed by atoms with van der Waals surface area (Å²) < 4.78 is 0. The topological polar surface area (TPSA) is 42.9 Å². The van der Waals surface area contributed by atoms with Crippen LogP contribution in [0.25, 0.3) is 0 Å². The molecule has 0 spiro atoms. The van der Waals surface area contributed by atoms with Gasteiger partial charge in [0.2, 0.25) is 0 Å². The Hall–Kier alpha value is -0.810. The van der Waals surface area contributed by atoms with Crippen molar-refractivity contribution < 1.29 is 0 Å². The largest absolute Gasteiger partial charge is 0.356 e. The summed E-state index contributed by atoms with van der Waals surface area (Å²) in [5, 5.41) is 6.67. The summed E-state index contributed by atoms with van der Waals surface area (Å²) >= 11 is 0. The van der Waals surface area contributed by atoms with Crippen LogP contribution in [0.2, 0.25) is 0 Å². The highest BCUT2D eigenvalue weighted by Gasteiger charge is 2.14. The van der Waals surface area contributed by atoms with Crippen LogP contribution in [0.3, 0.4) is 0 Å². The van der Waals surface area contributed by atoms with Crippen LogP contribution in [0, 0.1) is 0 Å².